The molecular formula is C13H16CmFN2O-. The van der Waals surface area contributed by atoms with E-state index in [1.165, 1.54) is 6.07 Å². The molecule has 0 aromatic heterocycles. The van der Waals surface area contributed by atoms with Crippen LogP contribution in [-0.4, -0.2) is 12.1 Å². The second-order valence-corrected chi connectivity index (χ2v) is 4.55. The number of carbonyl (C=O) groups is 1. The minimum atomic E-state index is -0.342. The van der Waals surface area contributed by atoms with Gasteiger partial charge in [0.1, 0.15) is 5.82 Å². The predicted octanol–water partition coefficient (Wildman–Crippen LogP) is 3.19. The Morgan fingerprint density at radius 3 is 2.61 bits per heavy atom. The topological polar surface area (TPSA) is 43.2 Å². The van der Waals surface area contributed by atoms with Crippen LogP contribution in [0.25, 0.3) is 5.32 Å². The first-order valence-corrected chi connectivity index (χ1v) is 5.80. The Morgan fingerprint density at radius 2 is 2.00 bits per heavy atom. The van der Waals surface area contributed by atoms with Crippen LogP contribution in [-0.2, 0) is 6.54 Å². The Hall–Kier alpha value is -2.58. The van der Waals surface area contributed by atoms with Crippen molar-refractivity contribution in [1.82, 2.24) is 5.32 Å². The monoisotopic (exact) mass is 478 g/mol. The molecule has 0 bridgehead atoms. The number of halogens is 1. The molecule has 1 aliphatic rings. The molecule has 1 N–H and O–H groups in total. The van der Waals surface area contributed by atoms with Gasteiger partial charge in [0.25, 0.3) is 0 Å². The summed E-state index contributed by atoms with van der Waals surface area (Å²) < 4.78 is 13.6. The van der Waals surface area contributed by atoms with Crippen molar-refractivity contribution in [3.05, 3.63) is 40.0 Å². The molecule has 0 saturated heterocycles. The second-order valence-electron chi connectivity index (χ2n) is 4.55. The van der Waals surface area contributed by atoms with E-state index in [2.05, 4.69) is 10.6 Å². The average Bonchev–Trinajstić information content (AvgIpc) is 3.05. The summed E-state index contributed by atoms with van der Waals surface area (Å²) in [6, 6.07) is 3.11. The van der Waals surface area contributed by atoms with Gasteiger partial charge in [-0.1, -0.05) is 18.9 Å². The number of amides is 2. The number of carbonyl (C=O) groups excluding carboxylic acids is 1. The Morgan fingerprint density at radius 1 is 1.39 bits per heavy atom. The van der Waals surface area contributed by atoms with Crippen LogP contribution in [0.4, 0.5) is 9.18 Å². The largest absolute Gasteiger partial charge is 0.445 e. The molecule has 0 spiro atoms. The average molecular weight is 482 g/mol. The first kappa shape index (κ1) is 13.5. The Balaban J connectivity index is 0.00000162. The fourth-order valence-corrected chi connectivity index (χ4v) is 1.56. The van der Waals surface area contributed by atoms with Crippen molar-refractivity contribution in [3.63, 3.8) is 0 Å². The Kier molecular flexibility index (Phi) is 3.87. The zero-order valence-electron chi connectivity index (χ0n) is 10.4. The minimum Gasteiger partial charge on any atom is -0.445 e. The number of nitrogens with one attached hydrogen (secondary N) is 1. The number of hydrogen-bond acceptors (Lipinski definition) is 1. The van der Waals surface area contributed by atoms with E-state index in [9.17, 15) is 9.18 Å². The summed E-state index contributed by atoms with van der Waals surface area (Å²) in [6.07, 6.45) is 1.98. The zero-order chi connectivity index (χ0) is 12.4. The van der Waals surface area contributed by atoms with Gasteiger partial charge < -0.3 is 10.6 Å². The summed E-state index contributed by atoms with van der Waals surface area (Å²) in [5.41, 5.74) is 2.45. The van der Waals surface area contributed by atoms with Crippen LogP contribution in [0.5, 0.6) is 0 Å². The van der Waals surface area contributed by atoms with E-state index >= 15 is 0 Å². The number of aryl methyl sites for hydroxylation is 2. The SMILES string of the molecule is Cc1cc(F)c(CNC(=O)[N-]C2CC2)cc1C.[Cm]. The van der Waals surface area contributed by atoms with Crippen molar-refractivity contribution in [2.75, 3.05) is 0 Å². The Bertz CT molecular complexity index is 447. The van der Waals surface area contributed by atoms with Crippen molar-refractivity contribution in [1.29, 1.82) is 0 Å². The molecule has 0 heterocycles. The number of urea groups is 1. The molecule has 5 heteroatoms. The molecule has 100 valence electrons. The van der Waals surface area contributed by atoms with Crippen molar-refractivity contribution >= 4 is 6.03 Å². The van der Waals surface area contributed by atoms with Crippen LogP contribution in [0, 0.1) is 19.7 Å². The summed E-state index contributed by atoms with van der Waals surface area (Å²) in [5, 5.41) is 6.51. The first-order chi connectivity index (χ1) is 8.06. The van der Waals surface area contributed by atoms with Gasteiger partial charge in [0.2, 0.25) is 0 Å². The summed E-state index contributed by atoms with van der Waals surface area (Å²) in [6.45, 7) is 3.99. The third-order valence-electron chi connectivity index (χ3n) is 2.94. The third kappa shape index (κ3) is 3.20. The van der Waals surface area contributed by atoms with Crippen molar-refractivity contribution in [2.24, 2.45) is 0 Å². The van der Waals surface area contributed by atoms with Crippen LogP contribution in [0.1, 0.15) is 29.5 Å². The van der Waals surface area contributed by atoms with E-state index in [1.807, 2.05) is 13.8 Å². The predicted molar refractivity (Wildman–Crippen MR) is 64.5 cm³/mol. The molecule has 1 aromatic rings. The molecule has 0 radical (unpaired) electrons. The standard InChI is InChI=1S/C13H17FN2O.Cm/c1-8-5-10(12(14)6-9(8)2)7-15-13(17)16-11-3-4-11;/h5-6,11H,3-4,7H2,1-2H3,(H2,15,16,17);/p-1. The van der Waals surface area contributed by atoms with E-state index < -0.39 is 0 Å². The fraction of sp³-hybridized carbons (Fsp3) is 0.462. The van der Waals surface area contributed by atoms with Crippen LogP contribution < -0.4 is 5.32 Å². The van der Waals surface area contributed by atoms with Gasteiger partial charge in [-0.15, -0.1) is 0 Å². The molecule has 2 amide bonds. The zero-order valence-corrected chi connectivity index (χ0v) is 13.4. The first-order valence-electron chi connectivity index (χ1n) is 5.80. The van der Waals surface area contributed by atoms with Gasteiger partial charge in [-0.2, -0.15) is 0 Å². The van der Waals surface area contributed by atoms with E-state index in [-0.39, 0.29) is 24.4 Å². The summed E-state index contributed by atoms with van der Waals surface area (Å²) >= 11 is 0. The van der Waals surface area contributed by atoms with E-state index in [0.29, 0.717) is 5.56 Å². The second kappa shape index (κ2) is 5.17. The van der Waals surface area contributed by atoms with Crippen molar-refractivity contribution < 1.29 is 9.18 Å². The smallest absolute Gasteiger partial charge is 0.153 e. The van der Waals surface area contributed by atoms with Crippen molar-refractivity contribution in [3.8, 4) is 0 Å². The van der Waals surface area contributed by atoms with Gasteiger partial charge in [0, 0.05) is 0 Å². The number of rotatable bonds is 3. The molecule has 2 rings (SSSR count). The van der Waals surface area contributed by atoms with Crippen LogP contribution >= 0.6 is 0 Å². The quantitative estimate of drug-likeness (QED) is 0.707. The van der Waals surface area contributed by atoms with Gasteiger partial charge in [0.15, 0.2) is 6.03 Å². The van der Waals surface area contributed by atoms with E-state index in [0.717, 1.165) is 24.0 Å². The molecular weight excluding hydrogens is 466 g/mol. The number of hydrogen-bond donors (Lipinski definition) is 1. The van der Waals surface area contributed by atoms with Crippen LogP contribution in [0.15, 0.2) is 12.1 Å². The molecule has 1 aromatic carbocycles. The third-order valence-corrected chi connectivity index (χ3v) is 2.94. The summed E-state index contributed by atoms with van der Waals surface area (Å²) in [5.74, 6) is -0.278. The van der Waals surface area contributed by atoms with Gasteiger partial charge in [0.05, 0.1) is 0 Å². The maximum Gasteiger partial charge on any atom is 0.153 e. The van der Waals surface area contributed by atoms with Crippen molar-refractivity contribution in [2.45, 2.75) is 39.3 Å². The minimum absolute atomic E-state index is 0. The van der Waals surface area contributed by atoms with E-state index in [1.54, 1.807) is 6.07 Å². The van der Waals surface area contributed by atoms with Gasteiger partial charge >= 0.3 is 0 Å². The molecule has 0 atom stereocenters. The molecule has 1 saturated carbocycles. The fourth-order valence-electron chi connectivity index (χ4n) is 1.56. The number of benzene rings is 1. The molecule has 0 unspecified atom stereocenters. The van der Waals surface area contributed by atoms with Gasteiger partial charge in [-0.05, 0) is 49.2 Å². The molecule has 18 heavy (non-hydrogen) atoms. The van der Waals surface area contributed by atoms with E-state index in [4.69, 9.17) is 0 Å². The maximum absolute atomic E-state index is 13.6. The van der Waals surface area contributed by atoms with Crippen LogP contribution in [0.2, 0.25) is 0 Å². The molecule has 0 aliphatic heterocycles. The molecule has 3 nitrogen and oxygen atoms in total. The summed E-state index contributed by atoms with van der Waals surface area (Å²) in [7, 11) is 0. The van der Waals surface area contributed by atoms with Crippen LogP contribution in [0.3, 0.4) is 0 Å². The normalized spacial score (nSPS) is 13.7. The Labute approximate surface area is 100 Å². The van der Waals surface area contributed by atoms with Gasteiger partial charge in [-0.3, -0.25) is 4.79 Å². The summed E-state index contributed by atoms with van der Waals surface area (Å²) in [4.78, 5) is 11.3. The number of nitrogens with zero attached hydrogens (tertiary/aromatic N) is 1. The van der Waals surface area contributed by atoms with Gasteiger partial charge in [-0.25, -0.2) is 4.39 Å². The maximum atomic E-state index is 13.6. The molecule has 1 aliphatic carbocycles. The molecule has 1 fully saturated rings.